The summed E-state index contributed by atoms with van der Waals surface area (Å²) in [6.07, 6.45) is 0. The summed E-state index contributed by atoms with van der Waals surface area (Å²) in [5, 5.41) is 8.53. The summed E-state index contributed by atoms with van der Waals surface area (Å²) in [5.41, 5.74) is 7.95. The normalized spacial score (nSPS) is 10.7. The SMILES string of the molecule is Cc1cccc(P(c2cccc(C)c2)c2cccc(C)c2)c1.Cc1cccc(P(c2cccc(C)c2)c2cccc(C)c2)c1.[Co+2]. The van der Waals surface area contributed by atoms with Crippen LogP contribution in [0.4, 0.5) is 0 Å². The number of hydrogen-bond donors (Lipinski definition) is 0. The van der Waals surface area contributed by atoms with E-state index in [1.54, 1.807) is 0 Å². The largest absolute Gasteiger partial charge is 2.00 e. The molecule has 0 amide bonds. The van der Waals surface area contributed by atoms with Crippen LogP contribution in [0.5, 0.6) is 0 Å². The van der Waals surface area contributed by atoms with Crippen molar-refractivity contribution in [2.75, 3.05) is 0 Å². The van der Waals surface area contributed by atoms with Crippen LogP contribution >= 0.6 is 15.8 Å². The van der Waals surface area contributed by atoms with Crippen LogP contribution in [0, 0.1) is 41.5 Å². The first-order valence-electron chi connectivity index (χ1n) is 15.3. The van der Waals surface area contributed by atoms with Crippen LogP contribution in [0.2, 0.25) is 0 Å². The average molecular weight is 668 g/mol. The molecule has 0 aliphatic heterocycles. The molecule has 45 heavy (non-hydrogen) atoms. The van der Waals surface area contributed by atoms with Crippen molar-refractivity contribution in [3.63, 3.8) is 0 Å². The Morgan fingerprint density at radius 1 is 0.267 bits per heavy atom. The summed E-state index contributed by atoms with van der Waals surface area (Å²) in [7, 11) is -0.989. The summed E-state index contributed by atoms with van der Waals surface area (Å²) in [4.78, 5) is 0. The third kappa shape index (κ3) is 9.35. The number of hydrogen-bond acceptors (Lipinski definition) is 0. The standard InChI is InChI=1S/2C21H21P.Co/c2*1-16-7-4-10-19(13-16)22(20-11-5-8-17(2)14-20)21-12-6-9-18(3)15-21;/h2*4-15H,1-3H3;/q;;+2. The molecule has 227 valence electrons. The van der Waals surface area contributed by atoms with Gasteiger partial charge in [0.15, 0.2) is 0 Å². The molecule has 0 N–H and O–H groups in total. The fraction of sp³-hybridized carbons (Fsp3) is 0.143. The van der Waals surface area contributed by atoms with Gasteiger partial charge >= 0.3 is 16.8 Å². The molecular formula is C42H42CoP2+2. The van der Waals surface area contributed by atoms with Crippen LogP contribution in [0.15, 0.2) is 146 Å². The Morgan fingerprint density at radius 3 is 0.556 bits per heavy atom. The molecule has 6 aromatic rings. The van der Waals surface area contributed by atoms with E-state index in [4.69, 9.17) is 0 Å². The van der Waals surface area contributed by atoms with Crippen molar-refractivity contribution < 1.29 is 16.8 Å². The van der Waals surface area contributed by atoms with Crippen molar-refractivity contribution >= 4 is 47.7 Å². The molecule has 0 atom stereocenters. The predicted octanol–water partition coefficient (Wildman–Crippen LogP) is 8.74. The van der Waals surface area contributed by atoms with Gasteiger partial charge in [-0.15, -0.1) is 0 Å². The van der Waals surface area contributed by atoms with Gasteiger partial charge in [0.2, 0.25) is 0 Å². The predicted molar refractivity (Wildman–Crippen MR) is 199 cm³/mol. The first-order chi connectivity index (χ1) is 21.3. The number of rotatable bonds is 6. The van der Waals surface area contributed by atoms with Gasteiger partial charge in [0.1, 0.15) is 0 Å². The van der Waals surface area contributed by atoms with E-state index in [0.717, 1.165) is 0 Å². The molecule has 0 heterocycles. The first kappa shape index (κ1) is 34.6. The zero-order chi connectivity index (χ0) is 31.1. The fourth-order valence-corrected chi connectivity index (χ4v) is 10.7. The van der Waals surface area contributed by atoms with E-state index in [1.165, 1.54) is 65.2 Å². The maximum Gasteiger partial charge on any atom is 2.00 e. The van der Waals surface area contributed by atoms with E-state index < -0.39 is 15.8 Å². The molecule has 0 aliphatic rings. The second-order valence-corrected chi connectivity index (χ2v) is 16.1. The van der Waals surface area contributed by atoms with Crippen LogP contribution in [0.1, 0.15) is 33.4 Å². The van der Waals surface area contributed by atoms with Crippen molar-refractivity contribution in [1.82, 2.24) is 0 Å². The third-order valence-corrected chi connectivity index (χ3v) is 12.3. The Kier molecular flexibility index (Phi) is 12.5. The van der Waals surface area contributed by atoms with Crippen LogP contribution in [0.25, 0.3) is 0 Å². The number of benzene rings is 6. The second-order valence-electron chi connectivity index (χ2n) is 11.7. The van der Waals surface area contributed by atoms with E-state index in [1.807, 2.05) is 0 Å². The molecule has 0 nitrogen and oxygen atoms in total. The zero-order valence-electron chi connectivity index (χ0n) is 27.1. The van der Waals surface area contributed by atoms with Crippen molar-refractivity contribution in [3.05, 3.63) is 179 Å². The van der Waals surface area contributed by atoms with E-state index >= 15 is 0 Å². The second kappa shape index (κ2) is 16.3. The minimum absolute atomic E-state index is 0. The van der Waals surface area contributed by atoms with Crippen LogP contribution in [0.3, 0.4) is 0 Å². The van der Waals surface area contributed by atoms with Gasteiger partial charge in [-0.3, -0.25) is 0 Å². The van der Waals surface area contributed by atoms with Gasteiger partial charge in [0.05, 0.1) is 0 Å². The van der Waals surface area contributed by atoms with Gasteiger partial charge in [-0.25, -0.2) is 0 Å². The van der Waals surface area contributed by atoms with E-state index in [2.05, 4.69) is 187 Å². The summed E-state index contributed by atoms with van der Waals surface area (Å²) in [5.74, 6) is 0. The maximum atomic E-state index is 2.33. The Morgan fingerprint density at radius 2 is 0.422 bits per heavy atom. The Labute approximate surface area is 283 Å². The third-order valence-electron chi connectivity index (χ3n) is 7.56. The van der Waals surface area contributed by atoms with Crippen molar-refractivity contribution in [2.45, 2.75) is 41.5 Å². The van der Waals surface area contributed by atoms with Gasteiger partial charge in [0.25, 0.3) is 0 Å². The summed E-state index contributed by atoms with van der Waals surface area (Å²) >= 11 is 0. The first-order valence-corrected chi connectivity index (χ1v) is 18.0. The monoisotopic (exact) mass is 667 g/mol. The summed E-state index contributed by atoms with van der Waals surface area (Å²) in [6, 6.07) is 53.6. The molecule has 3 heteroatoms. The molecule has 0 spiro atoms. The molecule has 0 unspecified atom stereocenters. The van der Waals surface area contributed by atoms with Gasteiger partial charge in [-0.05, 0) is 89.2 Å². The molecular weight excluding hydrogens is 625 g/mol. The minimum Gasteiger partial charge on any atom is -0.0613 e. The smallest absolute Gasteiger partial charge is 0.0613 e. The van der Waals surface area contributed by atoms with Gasteiger partial charge in [0, 0.05) is 0 Å². The van der Waals surface area contributed by atoms with Crippen LogP contribution < -0.4 is 31.8 Å². The molecule has 6 rings (SSSR count). The Balaban J connectivity index is 0.000000200. The molecule has 6 aromatic carbocycles. The molecule has 0 aromatic heterocycles. The van der Waals surface area contributed by atoms with Crippen molar-refractivity contribution in [2.24, 2.45) is 0 Å². The maximum absolute atomic E-state index is 2.33. The van der Waals surface area contributed by atoms with Crippen molar-refractivity contribution in [3.8, 4) is 0 Å². The Bertz CT molecular complexity index is 1510. The zero-order valence-corrected chi connectivity index (χ0v) is 29.9. The van der Waals surface area contributed by atoms with Crippen LogP contribution in [-0.2, 0) is 16.8 Å². The molecule has 0 aliphatic carbocycles. The average Bonchev–Trinajstić information content (AvgIpc) is 2.98. The van der Waals surface area contributed by atoms with E-state index in [-0.39, 0.29) is 16.8 Å². The van der Waals surface area contributed by atoms with Gasteiger partial charge < -0.3 is 0 Å². The molecule has 0 fully saturated rings. The summed E-state index contributed by atoms with van der Waals surface area (Å²) in [6.45, 7) is 13.0. The van der Waals surface area contributed by atoms with Gasteiger partial charge in [-0.2, -0.15) is 0 Å². The fourth-order valence-electron chi connectivity index (χ4n) is 5.50. The quantitative estimate of drug-likeness (QED) is 0.156. The number of aryl methyl sites for hydroxylation is 6. The molecule has 0 saturated heterocycles. The topological polar surface area (TPSA) is 0 Å². The minimum atomic E-state index is -0.495. The van der Waals surface area contributed by atoms with Gasteiger partial charge in [-0.1, -0.05) is 179 Å². The Hall–Kier alpha value is -3.31. The molecule has 1 radical (unpaired) electrons. The van der Waals surface area contributed by atoms with Crippen LogP contribution in [-0.4, -0.2) is 0 Å². The van der Waals surface area contributed by atoms with E-state index in [0.29, 0.717) is 0 Å². The van der Waals surface area contributed by atoms with E-state index in [9.17, 15) is 0 Å². The summed E-state index contributed by atoms with van der Waals surface area (Å²) < 4.78 is 0. The molecule has 0 saturated carbocycles. The molecule has 0 bridgehead atoms. The van der Waals surface area contributed by atoms with Crippen molar-refractivity contribution in [1.29, 1.82) is 0 Å².